The molecule has 1 N–H and O–H groups in total. The van der Waals surface area contributed by atoms with E-state index >= 15 is 0 Å². The van der Waals surface area contributed by atoms with Crippen LogP contribution < -0.4 is 5.32 Å². The molecule has 6 nitrogen and oxygen atoms in total. The van der Waals surface area contributed by atoms with Gasteiger partial charge in [0.05, 0.1) is 6.04 Å². The molecule has 1 aromatic heterocycles. The molecule has 1 aliphatic heterocycles. The van der Waals surface area contributed by atoms with Gasteiger partial charge in [0.15, 0.2) is 11.5 Å². The molecule has 0 spiro atoms. The summed E-state index contributed by atoms with van der Waals surface area (Å²) in [5.41, 5.74) is 0.908. The lowest BCUT2D eigenvalue weighted by molar-refractivity contribution is -0.130. The van der Waals surface area contributed by atoms with Gasteiger partial charge in [-0.05, 0) is 42.7 Å². The summed E-state index contributed by atoms with van der Waals surface area (Å²) >= 11 is 0. The van der Waals surface area contributed by atoms with Crippen molar-refractivity contribution in [2.75, 3.05) is 6.54 Å². The highest BCUT2D eigenvalue weighted by atomic mass is 19.1. The predicted molar refractivity (Wildman–Crippen MR) is 113 cm³/mol. The molecule has 0 unspecified atom stereocenters. The molecule has 4 rings (SSSR count). The molecule has 32 heavy (non-hydrogen) atoms. The number of carbonyl (C=O) groups excluding carboxylic acids is 2. The minimum absolute atomic E-state index is 0.0278. The maximum absolute atomic E-state index is 14.4. The summed E-state index contributed by atoms with van der Waals surface area (Å²) in [6.07, 6.45) is 0.449. The van der Waals surface area contributed by atoms with E-state index in [0.717, 1.165) is 0 Å². The van der Waals surface area contributed by atoms with Crippen molar-refractivity contribution in [3.8, 4) is 11.3 Å². The van der Waals surface area contributed by atoms with Crippen LogP contribution in [0.5, 0.6) is 0 Å². The molecule has 0 radical (unpaired) electrons. The number of amides is 2. The second kappa shape index (κ2) is 8.90. The summed E-state index contributed by atoms with van der Waals surface area (Å²) in [7, 11) is 0. The third-order valence-corrected chi connectivity index (χ3v) is 5.47. The van der Waals surface area contributed by atoms with Crippen LogP contribution in [-0.2, 0) is 4.79 Å². The Morgan fingerprint density at radius 2 is 1.91 bits per heavy atom. The molecule has 2 heterocycles. The zero-order valence-corrected chi connectivity index (χ0v) is 17.7. The van der Waals surface area contributed by atoms with Crippen molar-refractivity contribution in [1.29, 1.82) is 0 Å². The summed E-state index contributed by atoms with van der Waals surface area (Å²) < 4.78 is 32.9. The first kappa shape index (κ1) is 21.7. The zero-order chi connectivity index (χ0) is 22.8. The number of nitrogens with zero attached hydrogens (tertiary/aromatic N) is 2. The summed E-state index contributed by atoms with van der Waals surface area (Å²) in [4.78, 5) is 27.7. The summed E-state index contributed by atoms with van der Waals surface area (Å²) in [6.45, 7) is 4.02. The monoisotopic (exact) mass is 439 g/mol. The van der Waals surface area contributed by atoms with Crippen molar-refractivity contribution >= 4 is 11.8 Å². The number of hydrogen-bond acceptors (Lipinski definition) is 4. The first-order valence-electron chi connectivity index (χ1n) is 10.4. The number of carbonyl (C=O) groups is 2. The number of nitrogens with one attached hydrogen (secondary N) is 1. The highest BCUT2D eigenvalue weighted by Gasteiger charge is 2.40. The van der Waals surface area contributed by atoms with Gasteiger partial charge in [0, 0.05) is 23.7 Å². The molecule has 0 aliphatic carbocycles. The summed E-state index contributed by atoms with van der Waals surface area (Å²) in [6, 6.07) is 11.8. The van der Waals surface area contributed by atoms with Gasteiger partial charge < -0.3 is 14.7 Å². The summed E-state index contributed by atoms with van der Waals surface area (Å²) in [5.74, 6) is -1.20. The van der Waals surface area contributed by atoms with Crippen LogP contribution in [0.1, 0.15) is 42.4 Å². The minimum Gasteiger partial charge on any atom is -0.355 e. The van der Waals surface area contributed by atoms with Crippen molar-refractivity contribution in [2.45, 2.75) is 32.4 Å². The predicted octanol–water partition coefficient (Wildman–Crippen LogP) is 4.35. The maximum atomic E-state index is 14.4. The maximum Gasteiger partial charge on any atom is 0.276 e. The van der Waals surface area contributed by atoms with Crippen LogP contribution in [0.3, 0.4) is 0 Å². The standard InChI is InChI=1S/C24H23F2N3O3/c1-14(2)11-21-23(30)27-20(17-5-3-4-6-18(17)26)13-29(21)24(31)19-12-22(32-28-19)15-7-9-16(25)10-8-15/h3-10,12,14,20-21H,11,13H2,1-2H3,(H,27,30)/t20-,21+/m1/s1. The van der Waals surface area contributed by atoms with Crippen LogP contribution >= 0.6 is 0 Å². The number of aromatic nitrogens is 1. The molecule has 0 saturated carbocycles. The molecule has 166 valence electrons. The molecule has 2 aromatic carbocycles. The molecule has 1 aliphatic rings. The third-order valence-electron chi connectivity index (χ3n) is 5.47. The molecular weight excluding hydrogens is 416 g/mol. The highest BCUT2D eigenvalue weighted by molar-refractivity contribution is 5.97. The average molecular weight is 439 g/mol. The van der Waals surface area contributed by atoms with Gasteiger partial charge in [0.1, 0.15) is 17.7 Å². The van der Waals surface area contributed by atoms with Gasteiger partial charge in [0.25, 0.3) is 5.91 Å². The van der Waals surface area contributed by atoms with Crippen LogP contribution in [0.25, 0.3) is 11.3 Å². The molecular formula is C24H23F2N3O3. The van der Waals surface area contributed by atoms with Gasteiger partial charge in [-0.15, -0.1) is 0 Å². The minimum atomic E-state index is -0.712. The smallest absolute Gasteiger partial charge is 0.276 e. The molecule has 0 bridgehead atoms. The Balaban J connectivity index is 1.64. The average Bonchev–Trinajstić information content (AvgIpc) is 3.25. The number of halogens is 2. The normalized spacial score (nSPS) is 18.7. The fraction of sp³-hybridized carbons (Fsp3) is 0.292. The van der Waals surface area contributed by atoms with Crippen molar-refractivity contribution in [2.24, 2.45) is 5.92 Å². The van der Waals surface area contributed by atoms with Gasteiger partial charge in [-0.3, -0.25) is 9.59 Å². The topological polar surface area (TPSA) is 75.4 Å². The highest BCUT2D eigenvalue weighted by Crippen LogP contribution is 2.28. The quantitative estimate of drug-likeness (QED) is 0.642. The van der Waals surface area contributed by atoms with Gasteiger partial charge in [-0.25, -0.2) is 8.78 Å². The largest absolute Gasteiger partial charge is 0.355 e. The lowest BCUT2D eigenvalue weighted by atomic mass is 9.95. The number of benzene rings is 2. The van der Waals surface area contributed by atoms with E-state index in [1.807, 2.05) is 13.8 Å². The van der Waals surface area contributed by atoms with E-state index in [4.69, 9.17) is 4.52 Å². The molecule has 3 aromatic rings. The number of rotatable bonds is 5. The Labute approximate surface area is 184 Å². The van der Waals surface area contributed by atoms with Crippen LogP contribution in [0, 0.1) is 17.6 Å². The van der Waals surface area contributed by atoms with Crippen LogP contribution in [0.4, 0.5) is 8.78 Å². The van der Waals surface area contributed by atoms with E-state index in [1.54, 1.807) is 18.2 Å². The Hall–Kier alpha value is -3.55. The van der Waals surface area contributed by atoms with Crippen LogP contribution in [-0.4, -0.2) is 34.5 Å². The van der Waals surface area contributed by atoms with Gasteiger partial charge in [-0.2, -0.15) is 0 Å². The molecule has 1 saturated heterocycles. The number of hydrogen-bond donors (Lipinski definition) is 1. The van der Waals surface area contributed by atoms with E-state index in [9.17, 15) is 18.4 Å². The van der Waals surface area contributed by atoms with Gasteiger partial charge in [0.2, 0.25) is 5.91 Å². The Morgan fingerprint density at radius 1 is 1.19 bits per heavy atom. The van der Waals surface area contributed by atoms with E-state index in [0.29, 0.717) is 23.3 Å². The number of piperazine rings is 1. The van der Waals surface area contributed by atoms with Crippen molar-refractivity contribution in [3.63, 3.8) is 0 Å². The fourth-order valence-corrected chi connectivity index (χ4v) is 3.89. The van der Waals surface area contributed by atoms with Gasteiger partial charge >= 0.3 is 0 Å². The third kappa shape index (κ3) is 4.39. The van der Waals surface area contributed by atoms with Crippen LogP contribution in [0.2, 0.25) is 0 Å². The van der Waals surface area contributed by atoms with E-state index in [-0.39, 0.29) is 29.9 Å². The Kier molecular flexibility index (Phi) is 6.03. The van der Waals surface area contributed by atoms with Crippen molar-refractivity contribution in [3.05, 3.63) is 77.5 Å². The van der Waals surface area contributed by atoms with E-state index in [1.165, 1.54) is 41.3 Å². The lowest BCUT2D eigenvalue weighted by Crippen LogP contribution is -2.58. The van der Waals surface area contributed by atoms with E-state index in [2.05, 4.69) is 10.5 Å². The van der Waals surface area contributed by atoms with Crippen LogP contribution in [0.15, 0.2) is 59.1 Å². The Bertz CT molecular complexity index is 1130. The summed E-state index contributed by atoms with van der Waals surface area (Å²) in [5, 5.41) is 6.73. The van der Waals surface area contributed by atoms with Crippen molar-refractivity contribution < 1.29 is 22.9 Å². The molecule has 8 heteroatoms. The molecule has 2 atom stereocenters. The zero-order valence-electron chi connectivity index (χ0n) is 17.7. The Morgan fingerprint density at radius 3 is 2.59 bits per heavy atom. The first-order chi connectivity index (χ1) is 15.3. The SMILES string of the molecule is CC(C)C[C@H]1C(=O)N[C@@H](c2ccccc2F)CN1C(=O)c1cc(-c2ccc(F)cc2)on1. The van der Waals surface area contributed by atoms with Gasteiger partial charge in [-0.1, -0.05) is 37.2 Å². The fourth-order valence-electron chi connectivity index (χ4n) is 3.89. The van der Waals surface area contributed by atoms with Crippen molar-refractivity contribution in [1.82, 2.24) is 15.4 Å². The second-order valence-electron chi connectivity index (χ2n) is 8.27. The first-order valence-corrected chi connectivity index (χ1v) is 10.4. The van der Waals surface area contributed by atoms with E-state index < -0.39 is 23.8 Å². The molecule has 2 amide bonds. The molecule has 1 fully saturated rings. The second-order valence-corrected chi connectivity index (χ2v) is 8.27. The lowest BCUT2D eigenvalue weighted by Gasteiger charge is -2.40.